The largest absolute Gasteiger partial charge is 0.436 e. The number of amides is 2. The van der Waals surface area contributed by atoms with E-state index in [0.29, 0.717) is 5.69 Å². The molecule has 98 valence electrons. The van der Waals surface area contributed by atoms with Crippen molar-refractivity contribution in [3.8, 4) is 0 Å². The highest BCUT2D eigenvalue weighted by Crippen LogP contribution is 2.06. The maximum Gasteiger partial charge on any atom is 0.412 e. The van der Waals surface area contributed by atoms with Crippen molar-refractivity contribution in [3.63, 3.8) is 0 Å². The smallest absolute Gasteiger partial charge is 0.412 e. The number of carbonyl (C=O) groups is 2. The molecule has 0 aliphatic heterocycles. The van der Waals surface area contributed by atoms with E-state index < -0.39 is 12.2 Å². The minimum Gasteiger partial charge on any atom is -0.436 e. The predicted octanol–water partition coefficient (Wildman–Crippen LogP) is 2.15. The Bertz CT molecular complexity index is 404. The molecule has 0 saturated carbocycles. The fourth-order valence-electron chi connectivity index (χ4n) is 1.28. The van der Waals surface area contributed by atoms with E-state index in [1.165, 1.54) is 6.92 Å². The van der Waals surface area contributed by atoms with Gasteiger partial charge in [-0.2, -0.15) is 0 Å². The lowest BCUT2D eigenvalue weighted by atomic mass is 10.3. The summed E-state index contributed by atoms with van der Waals surface area (Å²) in [5.41, 5.74) is 0.624. The number of rotatable bonds is 4. The van der Waals surface area contributed by atoms with Gasteiger partial charge < -0.3 is 10.1 Å². The molecule has 5 heteroatoms. The summed E-state index contributed by atoms with van der Waals surface area (Å²) in [6.45, 7) is 5.21. The van der Waals surface area contributed by atoms with Gasteiger partial charge in [-0.3, -0.25) is 10.1 Å². The summed E-state index contributed by atoms with van der Waals surface area (Å²) in [7, 11) is 0. The monoisotopic (exact) mass is 250 g/mol. The molecule has 1 rings (SSSR count). The molecule has 1 aromatic rings. The molecule has 1 atom stereocenters. The molecule has 0 fully saturated rings. The van der Waals surface area contributed by atoms with Gasteiger partial charge >= 0.3 is 6.09 Å². The summed E-state index contributed by atoms with van der Waals surface area (Å²) < 4.78 is 4.95. The molecule has 18 heavy (non-hydrogen) atoms. The zero-order valence-corrected chi connectivity index (χ0v) is 10.8. The molecule has 1 aromatic carbocycles. The van der Waals surface area contributed by atoms with Gasteiger partial charge in [-0.1, -0.05) is 18.2 Å². The number of ether oxygens (including phenoxy) is 1. The molecular weight excluding hydrogens is 232 g/mol. The third-order valence-corrected chi connectivity index (χ3v) is 2.10. The Morgan fingerprint density at radius 1 is 1.11 bits per heavy atom. The molecule has 1 unspecified atom stereocenters. The van der Waals surface area contributed by atoms with Crippen molar-refractivity contribution in [1.29, 1.82) is 0 Å². The number of nitrogens with one attached hydrogen (secondary N) is 2. The van der Waals surface area contributed by atoms with Crippen LogP contribution in [0.3, 0.4) is 0 Å². The van der Waals surface area contributed by atoms with E-state index in [1.807, 2.05) is 19.9 Å². The number of hydrogen-bond donors (Lipinski definition) is 2. The van der Waals surface area contributed by atoms with Gasteiger partial charge in [0.15, 0.2) is 6.10 Å². The molecule has 5 nitrogen and oxygen atoms in total. The SMILES string of the molecule is CC(C)NC(=O)C(C)OC(=O)Nc1ccccc1. The van der Waals surface area contributed by atoms with Gasteiger partial charge in [0.2, 0.25) is 0 Å². The van der Waals surface area contributed by atoms with Crippen LogP contribution < -0.4 is 10.6 Å². The Hall–Kier alpha value is -2.04. The fourth-order valence-corrected chi connectivity index (χ4v) is 1.28. The van der Waals surface area contributed by atoms with Crippen LogP contribution in [0.5, 0.6) is 0 Å². The minimum absolute atomic E-state index is 0.0146. The Kier molecular flexibility index (Phi) is 5.17. The Morgan fingerprint density at radius 3 is 2.28 bits per heavy atom. The topological polar surface area (TPSA) is 67.4 Å². The summed E-state index contributed by atoms with van der Waals surface area (Å²) in [6.07, 6.45) is -1.47. The van der Waals surface area contributed by atoms with Gasteiger partial charge in [-0.25, -0.2) is 4.79 Å². The molecule has 0 radical (unpaired) electrons. The quantitative estimate of drug-likeness (QED) is 0.860. The Labute approximate surface area is 107 Å². The lowest BCUT2D eigenvalue weighted by molar-refractivity contribution is -0.128. The average molecular weight is 250 g/mol. The standard InChI is InChI=1S/C13H18N2O3/c1-9(2)14-12(16)10(3)18-13(17)15-11-7-5-4-6-8-11/h4-10H,1-3H3,(H,14,16)(H,15,17). The van der Waals surface area contributed by atoms with E-state index in [-0.39, 0.29) is 11.9 Å². The van der Waals surface area contributed by atoms with Crippen LogP contribution in [0.15, 0.2) is 30.3 Å². The molecule has 0 aliphatic carbocycles. The van der Waals surface area contributed by atoms with Crippen molar-refractivity contribution in [2.45, 2.75) is 32.9 Å². The predicted molar refractivity (Wildman–Crippen MR) is 69.3 cm³/mol. The Balaban J connectivity index is 2.43. The second-order valence-corrected chi connectivity index (χ2v) is 4.20. The highest BCUT2D eigenvalue weighted by Gasteiger charge is 2.18. The lowest BCUT2D eigenvalue weighted by Gasteiger charge is -2.15. The first kappa shape index (κ1) is 14.0. The molecule has 0 aromatic heterocycles. The summed E-state index contributed by atoms with van der Waals surface area (Å²) in [5, 5.41) is 5.21. The van der Waals surface area contributed by atoms with Gasteiger partial charge in [0.1, 0.15) is 0 Å². The van der Waals surface area contributed by atoms with Crippen LogP contribution in [0, 0.1) is 0 Å². The molecule has 0 bridgehead atoms. The molecule has 2 amide bonds. The number of anilines is 1. The Morgan fingerprint density at radius 2 is 1.72 bits per heavy atom. The summed E-state index contributed by atoms with van der Waals surface area (Å²) >= 11 is 0. The van der Waals surface area contributed by atoms with E-state index in [0.717, 1.165) is 0 Å². The summed E-state index contributed by atoms with van der Waals surface area (Å²) in [5.74, 6) is -0.312. The number of carbonyl (C=O) groups excluding carboxylic acids is 2. The van der Waals surface area contributed by atoms with Crippen LogP contribution in [0.2, 0.25) is 0 Å². The zero-order valence-electron chi connectivity index (χ0n) is 10.8. The molecule has 0 heterocycles. The van der Waals surface area contributed by atoms with Gasteiger partial charge in [-0.05, 0) is 32.9 Å². The minimum atomic E-state index is -0.823. The first-order valence-electron chi connectivity index (χ1n) is 5.82. The summed E-state index contributed by atoms with van der Waals surface area (Å²) in [6, 6.07) is 8.92. The maximum absolute atomic E-state index is 11.5. The maximum atomic E-state index is 11.5. The normalized spacial score (nSPS) is 11.8. The first-order valence-corrected chi connectivity index (χ1v) is 5.82. The van der Waals surface area contributed by atoms with E-state index in [1.54, 1.807) is 24.3 Å². The van der Waals surface area contributed by atoms with Crippen LogP contribution in [0.25, 0.3) is 0 Å². The van der Waals surface area contributed by atoms with E-state index >= 15 is 0 Å². The van der Waals surface area contributed by atoms with Crippen molar-refractivity contribution < 1.29 is 14.3 Å². The van der Waals surface area contributed by atoms with E-state index in [4.69, 9.17) is 4.74 Å². The van der Waals surface area contributed by atoms with Crippen molar-refractivity contribution >= 4 is 17.7 Å². The fraction of sp³-hybridized carbons (Fsp3) is 0.385. The number of benzene rings is 1. The first-order chi connectivity index (χ1) is 8.49. The average Bonchev–Trinajstić information content (AvgIpc) is 2.29. The molecule has 0 aliphatic rings. The molecule has 2 N–H and O–H groups in total. The van der Waals surface area contributed by atoms with Gasteiger partial charge in [0, 0.05) is 11.7 Å². The molecule has 0 spiro atoms. The van der Waals surface area contributed by atoms with Crippen LogP contribution in [-0.2, 0) is 9.53 Å². The van der Waals surface area contributed by atoms with E-state index in [9.17, 15) is 9.59 Å². The van der Waals surface area contributed by atoms with Gasteiger partial charge in [-0.15, -0.1) is 0 Å². The van der Waals surface area contributed by atoms with Crippen LogP contribution in [0.1, 0.15) is 20.8 Å². The van der Waals surface area contributed by atoms with E-state index in [2.05, 4.69) is 10.6 Å². The highest BCUT2D eigenvalue weighted by molar-refractivity contribution is 5.88. The van der Waals surface area contributed by atoms with Crippen LogP contribution >= 0.6 is 0 Å². The second-order valence-electron chi connectivity index (χ2n) is 4.20. The lowest BCUT2D eigenvalue weighted by Crippen LogP contribution is -2.40. The van der Waals surface area contributed by atoms with Crippen molar-refractivity contribution in [2.24, 2.45) is 0 Å². The third-order valence-electron chi connectivity index (χ3n) is 2.10. The summed E-state index contributed by atoms with van der Waals surface area (Å²) in [4.78, 5) is 23.0. The second kappa shape index (κ2) is 6.64. The van der Waals surface area contributed by atoms with Crippen LogP contribution in [-0.4, -0.2) is 24.1 Å². The number of para-hydroxylation sites is 1. The van der Waals surface area contributed by atoms with Crippen molar-refractivity contribution in [3.05, 3.63) is 30.3 Å². The van der Waals surface area contributed by atoms with Gasteiger partial charge in [0.25, 0.3) is 5.91 Å². The van der Waals surface area contributed by atoms with Crippen molar-refractivity contribution in [1.82, 2.24) is 5.32 Å². The highest BCUT2D eigenvalue weighted by atomic mass is 16.6. The third kappa shape index (κ3) is 4.86. The number of hydrogen-bond acceptors (Lipinski definition) is 3. The zero-order chi connectivity index (χ0) is 13.5. The van der Waals surface area contributed by atoms with Crippen molar-refractivity contribution in [2.75, 3.05) is 5.32 Å². The van der Waals surface area contributed by atoms with Gasteiger partial charge in [0.05, 0.1) is 0 Å². The molecular formula is C13H18N2O3. The molecule has 0 saturated heterocycles. The van der Waals surface area contributed by atoms with Crippen LogP contribution in [0.4, 0.5) is 10.5 Å².